The molecule has 0 fully saturated rings. The summed E-state index contributed by atoms with van der Waals surface area (Å²) >= 11 is 0. The van der Waals surface area contributed by atoms with E-state index in [1.54, 1.807) is 24.3 Å². The monoisotopic (exact) mass is 418 g/mol. The molecule has 5 nitrogen and oxygen atoms in total. The molecule has 1 heterocycles. The Morgan fingerprint density at radius 3 is 2.25 bits per heavy atom. The van der Waals surface area contributed by atoms with Gasteiger partial charge in [0.2, 0.25) is 0 Å². The largest absolute Gasteiger partial charge is 0.478 e. The molecule has 3 aliphatic rings. The predicted octanol–water partition coefficient (Wildman–Crippen LogP) is 5.21. The van der Waals surface area contributed by atoms with Crippen molar-refractivity contribution in [1.82, 2.24) is 0 Å². The molecular formula is C27H18N2O3. The number of hydrogen-bond donors (Lipinski definition) is 1. The molecule has 0 saturated carbocycles. The molecule has 1 aliphatic heterocycles. The highest BCUT2D eigenvalue weighted by Gasteiger charge is 2.43. The number of para-hydroxylation sites is 2. The van der Waals surface area contributed by atoms with Crippen LogP contribution in [0.25, 0.3) is 0 Å². The molecular weight excluding hydrogens is 400 g/mol. The number of nitrogens with zero attached hydrogens (tertiary/aromatic N) is 1. The zero-order chi connectivity index (χ0) is 21.8. The number of Topliss-reactive ketones (excluding diaryl/α,β-unsaturated/α-hetero) is 2. The van der Waals surface area contributed by atoms with Crippen LogP contribution in [-0.4, -0.2) is 23.4 Å². The minimum atomic E-state index is -0.573. The number of aliphatic imine (C=N–C) groups is 1. The van der Waals surface area contributed by atoms with Gasteiger partial charge in [0.1, 0.15) is 11.4 Å². The van der Waals surface area contributed by atoms with Gasteiger partial charge in [0.05, 0.1) is 22.6 Å². The lowest BCUT2D eigenvalue weighted by atomic mass is 9.76. The summed E-state index contributed by atoms with van der Waals surface area (Å²) in [6.45, 7) is 1.95. The van der Waals surface area contributed by atoms with Gasteiger partial charge in [-0.05, 0) is 36.8 Å². The zero-order valence-electron chi connectivity index (χ0n) is 17.3. The van der Waals surface area contributed by atoms with Crippen LogP contribution < -0.4 is 10.1 Å². The summed E-state index contributed by atoms with van der Waals surface area (Å²) in [7, 11) is 0. The van der Waals surface area contributed by atoms with Crippen molar-refractivity contribution in [2.45, 2.75) is 13.0 Å². The van der Waals surface area contributed by atoms with Gasteiger partial charge in [0.15, 0.2) is 17.7 Å². The number of fused-ring (bicyclic) bond motifs is 4. The molecule has 154 valence electrons. The quantitative estimate of drug-likeness (QED) is 0.620. The van der Waals surface area contributed by atoms with E-state index in [1.165, 1.54) is 0 Å². The van der Waals surface area contributed by atoms with Crippen molar-refractivity contribution in [3.05, 3.63) is 112 Å². The lowest BCUT2D eigenvalue weighted by molar-refractivity contribution is 0.0979. The highest BCUT2D eigenvalue weighted by molar-refractivity contribution is 6.40. The molecule has 0 spiro atoms. The molecule has 1 N–H and O–H groups in total. The third-order valence-electron chi connectivity index (χ3n) is 5.97. The van der Waals surface area contributed by atoms with Crippen molar-refractivity contribution in [2.24, 2.45) is 4.99 Å². The van der Waals surface area contributed by atoms with E-state index in [2.05, 4.69) is 5.32 Å². The maximum Gasteiger partial charge on any atom is 0.196 e. The van der Waals surface area contributed by atoms with Crippen LogP contribution in [0.5, 0.6) is 5.75 Å². The Hall–Kier alpha value is -4.25. The SMILES string of the molecule is Cc1cccc2c1N=C1C3=C(C(=O)c4ccccc4C3=O)C(Nc3ccccc3)=CC1O2. The molecule has 1 unspecified atom stereocenters. The highest BCUT2D eigenvalue weighted by atomic mass is 16.5. The molecule has 6 rings (SSSR count). The zero-order valence-corrected chi connectivity index (χ0v) is 17.3. The first kappa shape index (κ1) is 18.5. The minimum absolute atomic E-state index is 0.193. The third kappa shape index (κ3) is 2.68. The van der Waals surface area contributed by atoms with Crippen LogP contribution in [0, 0.1) is 6.92 Å². The summed E-state index contributed by atoms with van der Waals surface area (Å²) in [6, 6.07) is 22.2. The Kier molecular flexibility index (Phi) is 3.98. The fourth-order valence-electron chi connectivity index (χ4n) is 4.45. The van der Waals surface area contributed by atoms with Gasteiger partial charge in [0, 0.05) is 16.8 Å². The second-order valence-corrected chi connectivity index (χ2v) is 7.98. The Morgan fingerprint density at radius 1 is 0.812 bits per heavy atom. The predicted molar refractivity (Wildman–Crippen MR) is 123 cm³/mol. The summed E-state index contributed by atoms with van der Waals surface area (Å²) in [5.41, 5.74) is 4.95. The van der Waals surface area contributed by atoms with E-state index >= 15 is 0 Å². The molecule has 5 heteroatoms. The number of allylic oxidation sites excluding steroid dienone is 1. The number of benzene rings is 3. The van der Waals surface area contributed by atoms with Crippen LogP contribution in [0.1, 0.15) is 26.3 Å². The Morgan fingerprint density at radius 2 is 1.50 bits per heavy atom. The molecule has 0 amide bonds. The average molecular weight is 418 g/mol. The van der Waals surface area contributed by atoms with Crippen molar-refractivity contribution >= 4 is 28.7 Å². The smallest absolute Gasteiger partial charge is 0.196 e. The van der Waals surface area contributed by atoms with E-state index < -0.39 is 6.10 Å². The molecule has 32 heavy (non-hydrogen) atoms. The number of carbonyl (C=O) groups excluding carboxylic acids is 2. The fourth-order valence-corrected chi connectivity index (χ4v) is 4.45. The van der Waals surface area contributed by atoms with Gasteiger partial charge in [0.25, 0.3) is 0 Å². The number of carbonyl (C=O) groups is 2. The van der Waals surface area contributed by atoms with E-state index in [1.807, 2.05) is 61.5 Å². The summed E-state index contributed by atoms with van der Waals surface area (Å²) < 4.78 is 6.26. The molecule has 2 aliphatic carbocycles. The van der Waals surface area contributed by atoms with E-state index in [9.17, 15) is 9.59 Å². The Bertz CT molecular complexity index is 1410. The number of ether oxygens (including phenoxy) is 1. The van der Waals surface area contributed by atoms with Gasteiger partial charge < -0.3 is 10.1 Å². The molecule has 0 saturated heterocycles. The maximum absolute atomic E-state index is 13.6. The Balaban J connectivity index is 1.59. The topological polar surface area (TPSA) is 67.8 Å². The second kappa shape index (κ2) is 6.89. The number of nitrogens with one attached hydrogen (secondary N) is 1. The summed E-state index contributed by atoms with van der Waals surface area (Å²) in [5, 5.41) is 3.33. The van der Waals surface area contributed by atoms with Crippen LogP contribution in [0.4, 0.5) is 11.4 Å². The van der Waals surface area contributed by atoms with Gasteiger partial charge in [-0.25, -0.2) is 4.99 Å². The van der Waals surface area contributed by atoms with E-state index in [0.29, 0.717) is 45.1 Å². The van der Waals surface area contributed by atoms with Crippen LogP contribution in [0.15, 0.2) is 101 Å². The van der Waals surface area contributed by atoms with Gasteiger partial charge in [-0.1, -0.05) is 54.6 Å². The van der Waals surface area contributed by atoms with Crippen LogP contribution >= 0.6 is 0 Å². The van der Waals surface area contributed by atoms with Crippen molar-refractivity contribution in [3.63, 3.8) is 0 Å². The lowest BCUT2D eigenvalue weighted by Gasteiger charge is -2.33. The van der Waals surface area contributed by atoms with Crippen molar-refractivity contribution in [2.75, 3.05) is 5.32 Å². The molecule has 0 bridgehead atoms. The summed E-state index contributed by atoms with van der Waals surface area (Å²) in [6.07, 6.45) is 1.27. The number of anilines is 1. The third-order valence-corrected chi connectivity index (χ3v) is 5.97. The molecule has 1 atom stereocenters. The minimum Gasteiger partial charge on any atom is -0.478 e. The van der Waals surface area contributed by atoms with E-state index in [-0.39, 0.29) is 11.6 Å². The molecule has 3 aromatic rings. The van der Waals surface area contributed by atoms with Crippen molar-refractivity contribution in [3.8, 4) is 5.75 Å². The molecule has 0 radical (unpaired) electrons. The van der Waals surface area contributed by atoms with Gasteiger partial charge in [-0.3, -0.25) is 9.59 Å². The summed E-state index contributed by atoms with van der Waals surface area (Å²) in [4.78, 5) is 32.1. The first-order valence-corrected chi connectivity index (χ1v) is 10.4. The molecule has 0 aromatic heterocycles. The number of hydrogen-bond acceptors (Lipinski definition) is 5. The van der Waals surface area contributed by atoms with Crippen molar-refractivity contribution < 1.29 is 14.3 Å². The number of rotatable bonds is 2. The van der Waals surface area contributed by atoms with E-state index in [0.717, 1.165) is 11.3 Å². The first-order valence-electron chi connectivity index (χ1n) is 10.4. The van der Waals surface area contributed by atoms with Gasteiger partial charge in [-0.2, -0.15) is 0 Å². The fraction of sp³-hybridized carbons (Fsp3) is 0.0741. The van der Waals surface area contributed by atoms with Crippen LogP contribution in [-0.2, 0) is 0 Å². The number of aryl methyl sites for hydroxylation is 1. The van der Waals surface area contributed by atoms with E-state index in [4.69, 9.17) is 9.73 Å². The maximum atomic E-state index is 13.6. The standard InChI is InChI=1S/C27H18N2O3/c1-15-8-7-13-20-24(15)29-25-21(32-20)14-19(28-16-9-3-2-4-10-16)22-23(25)27(31)18-12-6-5-11-17(18)26(22)30/h2-14,21,28H,1H3. The Labute approximate surface area is 184 Å². The van der Waals surface area contributed by atoms with Crippen LogP contribution in [0.2, 0.25) is 0 Å². The summed E-state index contributed by atoms with van der Waals surface area (Å²) in [5.74, 6) is 0.259. The average Bonchev–Trinajstić information content (AvgIpc) is 2.82. The van der Waals surface area contributed by atoms with Gasteiger partial charge in [-0.15, -0.1) is 0 Å². The molecule has 3 aromatic carbocycles. The van der Waals surface area contributed by atoms with Crippen molar-refractivity contribution in [1.29, 1.82) is 0 Å². The first-order chi connectivity index (χ1) is 15.6. The highest BCUT2D eigenvalue weighted by Crippen LogP contribution is 2.42. The second-order valence-electron chi connectivity index (χ2n) is 7.98. The normalized spacial score (nSPS) is 18.5. The lowest BCUT2D eigenvalue weighted by Crippen LogP contribution is -2.40. The number of ketones is 2. The van der Waals surface area contributed by atoms with Crippen LogP contribution in [0.3, 0.4) is 0 Å². The van der Waals surface area contributed by atoms with Gasteiger partial charge >= 0.3 is 0 Å².